The van der Waals surface area contributed by atoms with Crippen LogP contribution in [0.2, 0.25) is 0 Å². The van der Waals surface area contributed by atoms with E-state index in [4.69, 9.17) is 0 Å². The minimum Gasteiger partial charge on any atom is -0.354 e. The third kappa shape index (κ3) is 4.60. The molecule has 3 aromatic rings. The van der Waals surface area contributed by atoms with Crippen molar-refractivity contribution in [3.05, 3.63) is 75.2 Å². The molecule has 0 saturated heterocycles. The molecule has 0 spiro atoms. The molecule has 0 saturated carbocycles. The summed E-state index contributed by atoms with van der Waals surface area (Å²) in [5, 5.41) is 4.71. The Bertz CT molecular complexity index is 905. The predicted molar refractivity (Wildman–Crippen MR) is 94.9 cm³/mol. The number of hydrogen-bond acceptors (Lipinski definition) is 4. The number of halogens is 1. The zero-order valence-electron chi connectivity index (χ0n) is 13.3. The van der Waals surface area contributed by atoms with Crippen LogP contribution in [-0.2, 0) is 17.8 Å². The smallest absolute Gasteiger partial charge is 0.253 e. The summed E-state index contributed by atoms with van der Waals surface area (Å²) < 4.78 is 14.4. The molecule has 0 aliphatic rings. The maximum absolute atomic E-state index is 12.9. The minimum absolute atomic E-state index is 0.0774. The monoisotopic (exact) mass is 357 g/mol. The predicted octanol–water partition coefficient (Wildman–Crippen LogP) is 2.47. The van der Waals surface area contributed by atoms with Crippen molar-refractivity contribution < 1.29 is 9.18 Å². The standard InChI is InChI=1S/C18H16FN3O2S/c19-14-5-3-13(4-6-14)16-11-18(24)22(12-21-16)8-7-20-17(23)10-15-2-1-9-25-15/h1-6,9,11-12H,7-8,10H2,(H,20,23). The minimum atomic E-state index is -0.338. The van der Waals surface area contributed by atoms with Crippen molar-refractivity contribution in [2.24, 2.45) is 0 Å². The summed E-state index contributed by atoms with van der Waals surface area (Å²) in [6.07, 6.45) is 1.78. The zero-order chi connectivity index (χ0) is 17.6. The highest BCUT2D eigenvalue weighted by Crippen LogP contribution is 2.15. The lowest BCUT2D eigenvalue weighted by atomic mass is 10.1. The number of nitrogens with zero attached hydrogens (tertiary/aromatic N) is 2. The molecule has 2 heterocycles. The van der Waals surface area contributed by atoms with E-state index in [-0.39, 0.29) is 17.3 Å². The first-order valence-corrected chi connectivity index (χ1v) is 8.61. The van der Waals surface area contributed by atoms with Gasteiger partial charge in [0.25, 0.3) is 5.56 Å². The lowest BCUT2D eigenvalue weighted by Gasteiger charge is -2.08. The second-order valence-electron chi connectivity index (χ2n) is 5.42. The van der Waals surface area contributed by atoms with Crippen LogP contribution in [0.4, 0.5) is 4.39 Å². The van der Waals surface area contributed by atoms with E-state index in [2.05, 4.69) is 10.3 Å². The normalized spacial score (nSPS) is 10.6. The van der Waals surface area contributed by atoms with Crippen LogP contribution in [0.3, 0.4) is 0 Å². The van der Waals surface area contributed by atoms with Crippen LogP contribution in [0.1, 0.15) is 4.88 Å². The number of amides is 1. The van der Waals surface area contributed by atoms with E-state index >= 15 is 0 Å². The van der Waals surface area contributed by atoms with E-state index in [0.29, 0.717) is 30.8 Å². The highest BCUT2D eigenvalue weighted by atomic mass is 32.1. The van der Waals surface area contributed by atoms with Gasteiger partial charge in [0.2, 0.25) is 5.91 Å². The van der Waals surface area contributed by atoms with Crippen molar-refractivity contribution in [1.82, 2.24) is 14.9 Å². The maximum Gasteiger partial charge on any atom is 0.253 e. The van der Waals surface area contributed by atoms with Gasteiger partial charge in [-0.3, -0.25) is 14.2 Å². The van der Waals surface area contributed by atoms with Crippen molar-refractivity contribution in [3.8, 4) is 11.3 Å². The molecule has 0 bridgehead atoms. The van der Waals surface area contributed by atoms with Crippen LogP contribution in [-0.4, -0.2) is 22.0 Å². The van der Waals surface area contributed by atoms with Crippen LogP contribution < -0.4 is 10.9 Å². The first kappa shape index (κ1) is 17.0. The average molecular weight is 357 g/mol. The molecule has 7 heteroatoms. The third-order valence-corrected chi connectivity index (χ3v) is 4.49. The molecule has 0 atom stereocenters. The van der Waals surface area contributed by atoms with Crippen LogP contribution >= 0.6 is 11.3 Å². The van der Waals surface area contributed by atoms with E-state index in [1.165, 1.54) is 40.4 Å². The molecule has 0 aliphatic heterocycles. The molecule has 2 aromatic heterocycles. The molecule has 5 nitrogen and oxygen atoms in total. The highest BCUT2D eigenvalue weighted by molar-refractivity contribution is 7.10. The molecule has 0 fully saturated rings. The van der Waals surface area contributed by atoms with Gasteiger partial charge in [0, 0.05) is 29.6 Å². The first-order valence-electron chi connectivity index (χ1n) is 7.73. The maximum atomic E-state index is 12.9. The van der Waals surface area contributed by atoms with Gasteiger partial charge in [-0.05, 0) is 35.7 Å². The Labute approximate surface area is 147 Å². The molecule has 0 aliphatic carbocycles. The number of thiophene rings is 1. The van der Waals surface area contributed by atoms with E-state index < -0.39 is 0 Å². The molecule has 1 N–H and O–H groups in total. The van der Waals surface area contributed by atoms with Gasteiger partial charge in [-0.25, -0.2) is 9.37 Å². The Morgan fingerprint density at radius 2 is 2.04 bits per heavy atom. The SMILES string of the molecule is O=C(Cc1cccs1)NCCn1cnc(-c2ccc(F)cc2)cc1=O. The Kier molecular flexibility index (Phi) is 5.35. The van der Waals surface area contributed by atoms with E-state index in [1.54, 1.807) is 12.1 Å². The van der Waals surface area contributed by atoms with Crippen LogP contribution in [0.25, 0.3) is 11.3 Å². The van der Waals surface area contributed by atoms with Gasteiger partial charge >= 0.3 is 0 Å². The molecule has 0 radical (unpaired) electrons. The largest absolute Gasteiger partial charge is 0.354 e. The number of aromatic nitrogens is 2. The molecule has 1 amide bonds. The van der Waals surface area contributed by atoms with E-state index in [1.807, 2.05) is 17.5 Å². The van der Waals surface area contributed by atoms with Gasteiger partial charge in [-0.15, -0.1) is 11.3 Å². The van der Waals surface area contributed by atoms with E-state index in [9.17, 15) is 14.0 Å². The number of hydrogen-bond donors (Lipinski definition) is 1. The fourth-order valence-corrected chi connectivity index (χ4v) is 3.03. The lowest BCUT2D eigenvalue weighted by Crippen LogP contribution is -2.31. The summed E-state index contributed by atoms with van der Waals surface area (Å²) in [6, 6.07) is 11.0. The molecule has 128 valence electrons. The number of rotatable bonds is 6. The van der Waals surface area contributed by atoms with Crippen molar-refractivity contribution in [2.75, 3.05) is 6.54 Å². The summed E-state index contributed by atoms with van der Waals surface area (Å²) in [6.45, 7) is 0.688. The van der Waals surface area contributed by atoms with Gasteiger partial charge in [0.05, 0.1) is 18.4 Å². The second kappa shape index (κ2) is 7.85. The molecule has 0 unspecified atom stereocenters. The van der Waals surface area contributed by atoms with Crippen molar-refractivity contribution >= 4 is 17.2 Å². The van der Waals surface area contributed by atoms with Gasteiger partial charge in [0.1, 0.15) is 5.82 Å². The summed E-state index contributed by atoms with van der Waals surface area (Å²) >= 11 is 1.53. The summed E-state index contributed by atoms with van der Waals surface area (Å²) in [5.41, 5.74) is 0.944. The van der Waals surface area contributed by atoms with Crippen LogP contribution in [0.15, 0.2) is 59.0 Å². The number of benzene rings is 1. The fraction of sp³-hybridized carbons (Fsp3) is 0.167. The molecule has 1 aromatic carbocycles. The fourth-order valence-electron chi connectivity index (χ4n) is 2.32. The lowest BCUT2D eigenvalue weighted by molar-refractivity contribution is -0.120. The van der Waals surface area contributed by atoms with Crippen LogP contribution in [0.5, 0.6) is 0 Å². The molecular formula is C18H16FN3O2S. The number of carbonyl (C=O) groups excluding carboxylic acids is 1. The Balaban J connectivity index is 1.57. The van der Waals surface area contributed by atoms with Gasteiger partial charge in [-0.2, -0.15) is 0 Å². The number of carbonyl (C=O) groups is 1. The first-order chi connectivity index (χ1) is 12.1. The quantitative estimate of drug-likeness (QED) is 0.737. The molecular weight excluding hydrogens is 341 g/mol. The molecule has 3 rings (SSSR count). The Morgan fingerprint density at radius 3 is 2.72 bits per heavy atom. The Morgan fingerprint density at radius 1 is 1.24 bits per heavy atom. The number of nitrogens with one attached hydrogen (secondary N) is 1. The molecule has 25 heavy (non-hydrogen) atoms. The topological polar surface area (TPSA) is 64.0 Å². The van der Waals surface area contributed by atoms with Crippen LogP contribution in [0, 0.1) is 5.82 Å². The average Bonchev–Trinajstić information content (AvgIpc) is 3.10. The van der Waals surface area contributed by atoms with Crippen molar-refractivity contribution in [2.45, 2.75) is 13.0 Å². The highest BCUT2D eigenvalue weighted by Gasteiger charge is 2.06. The summed E-state index contributed by atoms with van der Waals surface area (Å²) in [4.78, 5) is 29.2. The van der Waals surface area contributed by atoms with Gasteiger partial charge in [0.15, 0.2) is 0 Å². The van der Waals surface area contributed by atoms with Crippen molar-refractivity contribution in [3.63, 3.8) is 0 Å². The zero-order valence-corrected chi connectivity index (χ0v) is 14.1. The Hall–Kier alpha value is -2.80. The van der Waals surface area contributed by atoms with Gasteiger partial charge < -0.3 is 5.32 Å². The summed E-state index contributed by atoms with van der Waals surface area (Å²) in [7, 11) is 0. The third-order valence-electron chi connectivity index (χ3n) is 3.61. The van der Waals surface area contributed by atoms with Crippen molar-refractivity contribution in [1.29, 1.82) is 0 Å². The second-order valence-corrected chi connectivity index (χ2v) is 6.45. The van der Waals surface area contributed by atoms with Gasteiger partial charge in [-0.1, -0.05) is 6.07 Å². The summed E-state index contributed by atoms with van der Waals surface area (Å²) in [5.74, 6) is -0.415. The van der Waals surface area contributed by atoms with E-state index in [0.717, 1.165) is 4.88 Å².